The van der Waals surface area contributed by atoms with E-state index in [0.29, 0.717) is 0 Å². The lowest BCUT2D eigenvalue weighted by Gasteiger charge is -2.29. The zero-order valence-corrected chi connectivity index (χ0v) is 19.9. The van der Waals surface area contributed by atoms with Gasteiger partial charge in [0.1, 0.15) is 0 Å². The molecular formula is C32H31NO2. The standard InChI is InChI=1S/C32H31NO2/c33-26-16-15-18(29-21-9-3-1-7-19(21)23-11-5-13-27(34)31(23)29)17-25(26)30-22-10-4-2-8-20(22)24-12-6-14-28(35)32(24)30/h1-4,7-10,15-17,27-30,34-35H,5-6,11-14,33H2. The summed E-state index contributed by atoms with van der Waals surface area (Å²) in [6, 6.07) is 23.7. The SMILES string of the molecule is Nc1ccc(C2C3=C(CCCC3O)c3ccccc32)cc1C1C2=C(CCCC2O)c2ccccc21. The van der Waals surface area contributed by atoms with Gasteiger partial charge in [-0.05, 0) is 100 Å². The van der Waals surface area contributed by atoms with Crippen LogP contribution >= 0.6 is 0 Å². The summed E-state index contributed by atoms with van der Waals surface area (Å²) < 4.78 is 0. The van der Waals surface area contributed by atoms with Gasteiger partial charge in [-0.3, -0.25) is 0 Å². The second-order valence-electron chi connectivity index (χ2n) is 10.6. The second-order valence-corrected chi connectivity index (χ2v) is 10.6. The molecule has 0 spiro atoms. The highest BCUT2D eigenvalue weighted by Gasteiger charge is 2.40. The van der Waals surface area contributed by atoms with E-state index in [-0.39, 0.29) is 11.8 Å². The Bertz CT molecular complexity index is 1410. The number of fused-ring (bicyclic) bond motifs is 4. The first-order valence-corrected chi connectivity index (χ1v) is 13.0. The van der Waals surface area contributed by atoms with E-state index in [1.807, 2.05) is 6.07 Å². The molecule has 176 valence electrons. The van der Waals surface area contributed by atoms with Gasteiger partial charge in [0.15, 0.2) is 0 Å². The summed E-state index contributed by atoms with van der Waals surface area (Å²) in [4.78, 5) is 0. The number of anilines is 1. The zero-order chi connectivity index (χ0) is 23.7. The van der Waals surface area contributed by atoms with Crippen molar-refractivity contribution >= 4 is 16.8 Å². The van der Waals surface area contributed by atoms with E-state index in [9.17, 15) is 10.2 Å². The average Bonchev–Trinajstić information content (AvgIpc) is 3.40. The number of hydrogen-bond acceptors (Lipinski definition) is 3. The second kappa shape index (κ2) is 7.94. The molecule has 4 atom stereocenters. The number of hydrogen-bond donors (Lipinski definition) is 3. The van der Waals surface area contributed by atoms with Crippen molar-refractivity contribution in [2.45, 2.75) is 62.6 Å². The van der Waals surface area contributed by atoms with Crippen LogP contribution in [-0.4, -0.2) is 22.4 Å². The van der Waals surface area contributed by atoms with Crippen LogP contribution in [-0.2, 0) is 0 Å². The molecular weight excluding hydrogens is 430 g/mol. The van der Waals surface area contributed by atoms with E-state index >= 15 is 0 Å². The molecule has 4 aliphatic rings. The van der Waals surface area contributed by atoms with Crippen LogP contribution in [0, 0.1) is 0 Å². The van der Waals surface area contributed by atoms with Crippen molar-refractivity contribution in [3.63, 3.8) is 0 Å². The molecule has 3 heteroatoms. The van der Waals surface area contributed by atoms with Crippen LogP contribution in [0.4, 0.5) is 5.69 Å². The predicted molar refractivity (Wildman–Crippen MR) is 141 cm³/mol. The Hall–Kier alpha value is -3.14. The molecule has 0 amide bonds. The van der Waals surface area contributed by atoms with Crippen LogP contribution in [0.3, 0.4) is 0 Å². The summed E-state index contributed by atoms with van der Waals surface area (Å²) in [5.74, 6) is 0.0371. The fourth-order valence-corrected chi connectivity index (χ4v) is 7.36. The minimum absolute atomic E-state index is 0.0159. The molecule has 3 aromatic rings. The molecule has 3 aromatic carbocycles. The molecule has 3 nitrogen and oxygen atoms in total. The van der Waals surface area contributed by atoms with Gasteiger partial charge in [-0.25, -0.2) is 0 Å². The molecule has 0 aliphatic heterocycles. The van der Waals surface area contributed by atoms with Crippen LogP contribution < -0.4 is 5.73 Å². The van der Waals surface area contributed by atoms with Crippen molar-refractivity contribution in [3.8, 4) is 0 Å². The number of allylic oxidation sites excluding steroid dienone is 2. The van der Waals surface area contributed by atoms with E-state index < -0.39 is 12.2 Å². The third-order valence-electron chi connectivity index (χ3n) is 8.79. The Kier molecular flexibility index (Phi) is 4.80. The van der Waals surface area contributed by atoms with Gasteiger partial charge in [-0.2, -0.15) is 0 Å². The molecule has 7 rings (SSSR count). The lowest BCUT2D eigenvalue weighted by Crippen LogP contribution is -2.21. The van der Waals surface area contributed by atoms with E-state index in [2.05, 4.69) is 60.7 Å². The normalized spacial score (nSPS) is 26.9. The van der Waals surface area contributed by atoms with Gasteiger partial charge in [0.25, 0.3) is 0 Å². The van der Waals surface area contributed by atoms with Gasteiger partial charge in [-0.1, -0.05) is 60.7 Å². The average molecular weight is 462 g/mol. The topological polar surface area (TPSA) is 66.5 Å². The van der Waals surface area contributed by atoms with Gasteiger partial charge < -0.3 is 15.9 Å². The maximum Gasteiger partial charge on any atom is 0.0765 e. The molecule has 4 N–H and O–H groups in total. The van der Waals surface area contributed by atoms with E-state index in [1.165, 1.54) is 44.5 Å². The van der Waals surface area contributed by atoms with Crippen molar-refractivity contribution in [3.05, 3.63) is 111 Å². The van der Waals surface area contributed by atoms with E-state index in [0.717, 1.165) is 55.3 Å². The summed E-state index contributed by atoms with van der Waals surface area (Å²) >= 11 is 0. The van der Waals surface area contributed by atoms with Crippen LogP contribution in [0.2, 0.25) is 0 Å². The monoisotopic (exact) mass is 461 g/mol. The molecule has 35 heavy (non-hydrogen) atoms. The number of aliphatic hydroxyl groups is 2. The van der Waals surface area contributed by atoms with E-state index in [1.54, 1.807) is 0 Å². The zero-order valence-electron chi connectivity index (χ0n) is 19.9. The maximum atomic E-state index is 11.1. The minimum Gasteiger partial charge on any atom is -0.398 e. The van der Waals surface area contributed by atoms with Crippen LogP contribution in [0.15, 0.2) is 77.9 Å². The van der Waals surface area contributed by atoms with Crippen LogP contribution in [0.25, 0.3) is 11.1 Å². The summed E-state index contributed by atoms with van der Waals surface area (Å²) in [5, 5.41) is 22.2. The molecule has 0 radical (unpaired) electrons. The van der Waals surface area contributed by atoms with Crippen molar-refractivity contribution < 1.29 is 10.2 Å². The molecule has 0 saturated carbocycles. The fourth-order valence-electron chi connectivity index (χ4n) is 7.36. The first kappa shape index (κ1) is 21.2. The van der Waals surface area contributed by atoms with Gasteiger partial charge in [-0.15, -0.1) is 0 Å². The Morgan fingerprint density at radius 1 is 0.629 bits per heavy atom. The Labute approximate surface area is 206 Å². The summed E-state index contributed by atoms with van der Waals surface area (Å²) in [7, 11) is 0. The predicted octanol–water partition coefficient (Wildman–Crippen LogP) is 6.16. The van der Waals surface area contributed by atoms with Gasteiger partial charge in [0.2, 0.25) is 0 Å². The third-order valence-corrected chi connectivity index (χ3v) is 8.79. The smallest absolute Gasteiger partial charge is 0.0765 e. The summed E-state index contributed by atoms with van der Waals surface area (Å²) in [5.41, 5.74) is 19.8. The van der Waals surface area contributed by atoms with Gasteiger partial charge >= 0.3 is 0 Å². The number of aliphatic hydroxyl groups excluding tert-OH is 2. The largest absolute Gasteiger partial charge is 0.398 e. The summed E-state index contributed by atoms with van der Waals surface area (Å²) in [6.45, 7) is 0. The molecule has 4 unspecified atom stereocenters. The van der Waals surface area contributed by atoms with Gasteiger partial charge in [0, 0.05) is 17.5 Å². The highest BCUT2D eigenvalue weighted by molar-refractivity contribution is 5.84. The first-order chi connectivity index (χ1) is 17.1. The van der Waals surface area contributed by atoms with Crippen LogP contribution in [0.1, 0.15) is 83.7 Å². The van der Waals surface area contributed by atoms with E-state index in [4.69, 9.17) is 5.73 Å². The lowest BCUT2D eigenvalue weighted by molar-refractivity contribution is 0.189. The Balaban J connectivity index is 1.41. The fraction of sp³-hybridized carbons (Fsp3) is 0.312. The first-order valence-electron chi connectivity index (χ1n) is 13.0. The van der Waals surface area contributed by atoms with Crippen molar-refractivity contribution in [2.24, 2.45) is 0 Å². The number of nitrogen functional groups attached to an aromatic ring is 1. The quantitative estimate of drug-likeness (QED) is 0.401. The maximum absolute atomic E-state index is 11.1. The van der Waals surface area contributed by atoms with Crippen molar-refractivity contribution in [2.75, 3.05) is 5.73 Å². The molecule has 0 fully saturated rings. The molecule has 4 aliphatic carbocycles. The van der Waals surface area contributed by atoms with Crippen molar-refractivity contribution in [1.82, 2.24) is 0 Å². The number of nitrogens with two attached hydrogens (primary N) is 1. The van der Waals surface area contributed by atoms with Crippen LogP contribution in [0.5, 0.6) is 0 Å². The third kappa shape index (κ3) is 3.05. The van der Waals surface area contributed by atoms with Crippen molar-refractivity contribution in [1.29, 1.82) is 0 Å². The summed E-state index contributed by atoms with van der Waals surface area (Å²) in [6.07, 6.45) is 4.88. The highest BCUT2D eigenvalue weighted by atomic mass is 16.3. The number of rotatable bonds is 2. The molecule has 0 saturated heterocycles. The minimum atomic E-state index is -0.430. The lowest BCUT2D eigenvalue weighted by atomic mass is 9.78. The van der Waals surface area contributed by atoms with Gasteiger partial charge in [0.05, 0.1) is 12.2 Å². The molecule has 0 aromatic heterocycles. The Morgan fingerprint density at radius 3 is 1.80 bits per heavy atom. The molecule has 0 heterocycles. The Morgan fingerprint density at radius 2 is 1.17 bits per heavy atom. The number of benzene rings is 3. The molecule has 0 bridgehead atoms. The highest BCUT2D eigenvalue weighted by Crippen LogP contribution is 2.55.